The summed E-state index contributed by atoms with van der Waals surface area (Å²) in [4.78, 5) is 0. The first kappa shape index (κ1) is 11.6. The van der Waals surface area contributed by atoms with E-state index >= 15 is 0 Å². The molecule has 0 heterocycles. The van der Waals surface area contributed by atoms with Gasteiger partial charge < -0.3 is 5.32 Å². The molecule has 0 aliphatic carbocycles. The van der Waals surface area contributed by atoms with E-state index in [0.29, 0.717) is 11.6 Å². The second-order valence-corrected chi connectivity index (χ2v) is 4.35. The van der Waals surface area contributed by atoms with E-state index in [1.165, 1.54) is 11.6 Å². The molecule has 0 bridgehead atoms. The predicted molar refractivity (Wildman–Crippen MR) is 70.2 cm³/mol. The number of anilines is 2. The van der Waals surface area contributed by atoms with E-state index in [4.69, 9.17) is 0 Å². The number of hydrogen-bond acceptors (Lipinski definition) is 1. The highest BCUT2D eigenvalue weighted by Gasteiger charge is 2.07. The summed E-state index contributed by atoms with van der Waals surface area (Å²) in [6, 6.07) is 14.7. The van der Waals surface area contributed by atoms with Crippen molar-refractivity contribution in [2.24, 2.45) is 0 Å². The maximum absolute atomic E-state index is 13.5. The van der Waals surface area contributed by atoms with Gasteiger partial charge in [0.05, 0.1) is 5.69 Å². The van der Waals surface area contributed by atoms with Crippen molar-refractivity contribution < 1.29 is 4.39 Å². The van der Waals surface area contributed by atoms with Crippen LogP contribution >= 0.6 is 0 Å². The Kier molecular flexibility index (Phi) is 3.43. The zero-order valence-corrected chi connectivity index (χ0v) is 10.1. The average Bonchev–Trinajstić information content (AvgIpc) is 2.32. The van der Waals surface area contributed by atoms with E-state index in [1.54, 1.807) is 12.1 Å². The van der Waals surface area contributed by atoms with Crippen molar-refractivity contribution in [2.45, 2.75) is 19.8 Å². The van der Waals surface area contributed by atoms with E-state index < -0.39 is 0 Å². The molecule has 0 atom stereocenters. The second kappa shape index (κ2) is 5.00. The smallest absolute Gasteiger partial charge is 0.146 e. The molecule has 2 aromatic rings. The van der Waals surface area contributed by atoms with Crippen LogP contribution in [0.2, 0.25) is 0 Å². The maximum atomic E-state index is 13.5. The quantitative estimate of drug-likeness (QED) is 0.804. The Bertz CT molecular complexity index is 506. The van der Waals surface area contributed by atoms with Crippen LogP contribution in [0.3, 0.4) is 0 Å². The Labute approximate surface area is 101 Å². The second-order valence-electron chi connectivity index (χ2n) is 4.35. The molecule has 1 nitrogen and oxygen atoms in total. The number of para-hydroxylation sites is 2. The number of halogens is 1. The van der Waals surface area contributed by atoms with Crippen LogP contribution in [0, 0.1) is 5.82 Å². The summed E-state index contributed by atoms with van der Waals surface area (Å²) in [6.07, 6.45) is 0. The van der Waals surface area contributed by atoms with Crippen molar-refractivity contribution in [2.75, 3.05) is 5.32 Å². The molecule has 2 aromatic carbocycles. The Morgan fingerprint density at radius 2 is 1.47 bits per heavy atom. The molecule has 0 amide bonds. The lowest BCUT2D eigenvalue weighted by Crippen LogP contribution is -1.99. The number of benzene rings is 2. The van der Waals surface area contributed by atoms with Crippen molar-refractivity contribution in [1.82, 2.24) is 0 Å². The van der Waals surface area contributed by atoms with Crippen molar-refractivity contribution in [3.05, 3.63) is 59.9 Å². The van der Waals surface area contributed by atoms with Gasteiger partial charge in [0, 0.05) is 5.69 Å². The molecule has 0 aromatic heterocycles. The highest BCUT2D eigenvalue weighted by atomic mass is 19.1. The van der Waals surface area contributed by atoms with Gasteiger partial charge in [-0.2, -0.15) is 0 Å². The van der Waals surface area contributed by atoms with Crippen LogP contribution in [0.1, 0.15) is 25.3 Å². The highest BCUT2D eigenvalue weighted by Crippen LogP contribution is 2.27. The summed E-state index contributed by atoms with van der Waals surface area (Å²) in [7, 11) is 0. The molecular formula is C15H16FN. The Morgan fingerprint density at radius 3 is 2.12 bits per heavy atom. The van der Waals surface area contributed by atoms with Crippen molar-refractivity contribution >= 4 is 11.4 Å². The SMILES string of the molecule is CC(C)c1ccccc1Nc1ccccc1F. The predicted octanol–water partition coefficient (Wildman–Crippen LogP) is 4.69. The fourth-order valence-electron chi connectivity index (χ4n) is 1.82. The summed E-state index contributed by atoms with van der Waals surface area (Å²) in [5.41, 5.74) is 2.67. The topological polar surface area (TPSA) is 12.0 Å². The standard InChI is InChI=1S/C15H16FN/c1-11(2)12-7-3-5-9-14(12)17-15-10-6-4-8-13(15)16/h3-11,17H,1-2H3. The lowest BCUT2D eigenvalue weighted by atomic mass is 10.0. The van der Waals surface area contributed by atoms with E-state index in [0.717, 1.165) is 5.69 Å². The summed E-state index contributed by atoms with van der Waals surface area (Å²) < 4.78 is 13.5. The van der Waals surface area contributed by atoms with E-state index in [1.807, 2.05) is 24.3 Å². The van der Waals surface area contributed by atoms with Crippen LogP contribution in [0.5, 0.6) is 0 Å². The largest absolute Gasteiger partial charge is 0.353 e. The van der Waals surface area contributed by atoms with E-state index in [2.05, 4.69) is 25.2 Å². The summed E-state index contributed by atoms with van der Waals surface area (Å²) in [5, 5.41) is 3.15. The van der Waals surface area contributed by atoms with Gasteiger partial charge >= 0.3 is 0 Å². The minimum Gasteiger partial charge on any atom is -0.353 e. The Hall–Kier alpha value is -1.83. The van der Waals surface area contributed by atoms with E-state index in [-0.39, 0.29) is 5.82 Å². The van der Waals surface area contributed by atoms with Crippen molar-refractivity contribution in [1.29, 1.82) is 0 Å². The lowest BCUT2D eigenvalue weighted by Gasteiger charge is -2.14. The Morgan fingerprint density at radius 1 is 0.882 bits per heavy atom. The zero-order chi connectivity index (χ0) is 12.3. The van der Waals surface area contributed by atoms with Gasteiger partial charge in [-0.3, -0.25) is 0 Å². The molecule has 0 radical (unpaired) electrons. The highest BCUT2D eigenvalue weighted by molar-refractivity contribution is 5.64. The van der Waals surface area contributed by atoms with Gasteiger partial charge in [-0.1, -0.05) is 44.2 Å². The molecule has 0 fully saturated rings. The Balaban J connectivity index is 2.34. The van der Waals surface area contributed by atoms with Crippen LogP contribution in [-0.2, 0) is 0 Å². The van der Waals surface area contributed by atoms with Crippen LogP contribution < -0.4 is 5.32 Å². The molecule has 2 rings (SSSR count). The summed E-state index contributed by atoms with van der Waals surface area (Å²) >= 11 is 0. The normalized spacial score (nSPS) is 10.6. The van der Waals surface area contributed by atoms with E-state index in [9.17, 15) is 4.39 Å². The average molecular weight is 229 g/mol. The zero-order valence-electron chi connectivity index (χ0n) is 10.1. The first-order valence-corrected chi connectivity index (χ1v) is 5.79. The molecular weight excluding hydrogens is 213 g/mol. The first-order chi connectivity index (χ1) is 8.18. The first-order valence-electron chi connectivity index (χ1n) is 5.79. The molecule has 0 spiro atoms. The van der Waals surface area contributed by atoms with Crippen molar-refractivity contribution in [3.63, 3.8) is 0 Å². The van der Waals surface area contributed by atoms with Gasteiger partial charge in [-0.25, -0.2) is 4.39 Å². The molecule has 0 unspecified atom stereocenters. The third-order valence-corrected chi connectivity index (χ3v) is 2.73. The van der Waals surface area contributed by atoms with Gasteiger partial charge in [0.1, 0.15) is 5.82 Å². The fourth-order valence-corrected chi connectivity index (χ4v) is 1.82. The number of nitrogens with one attached hydrogen (secondary N) is 1. The molecule has 2 heteroatoms. The van der Waals surface area contributed by atoms with Crippen molar-refractivity contribution in [3.8, 4) is 0 Å². The van der Waals surface area contributed by atoms with Gasteiger partial charge in [0.15, 0.2) is 0 Å². The monoisotopic (exact) mass is 229 g/mol. The summed E-state index contributed by atoms with van der Waals surface area (Å²) in [6.45, 7) is 4.25. The van der Waals surface area contributed by atoms with Crippen LogP contribution in [0.4, 0.5) is 15.8 Å². The minimum absolute atomic E-state index is 0.231. The molecule has 1 N–H and O–H groups in total. The summed E-state index contributed by atoms with van der Waals surface area (Å²) in [5.74, 6) is 0.177. The number of rotatable bonds is 3. The van der Waals surface area contributed by atoms with Gasteiger partial charge in [0.25, 0.3) is 0 Å². The molecule has 0 saturated heterocycles. The van der Waals surface area contributed by atoms with Crippen LogP contribution in [-0.4, -0.2) is 0 Å². The maximum Gasteiger partial charge on any atom is 0.146 e. The minimum atomic E-state index is -0.231. The van der Waals surface area contributed by atoms with Crippen LogP contribution in [0.25, 0.3) is 0 Å². The number of hydrogen-bond donors (Lipinski definition) is 1. The third-order valence-electron chi connectivity index (χ3n) is 2.73. The molecule has 17 heavy (non-hydrogen) atoms. The molecule has 0 saturated carbocycles. The lowest BCUT2D eigenvalue weighted by molar-refractivity contribution is 0.632. The van der Waals surface area contributed by atoms with Gasteiger partial charge in [0.2, 0.25) is 0 Å². The fraction of sp³-hybridized carbons (Fsp3) is 0.200. The van der Waals surface area contributed by atoms with Crippen LogP contribution in [0.15, 0.2) is 48.5 Å². The molecule has 0 aliphatic rings. The third kappa shape index (κ3) is 2.64. The van der Waals surface area contributed by atoms with Gasteiger partial charge in [-0.15, -0.1) is 0 Å². The molecule has 88 valence electrons. The molecule has 0 aliphatic heterocycles. The van der Waals surface area contributed by atoms with Gasteiger partial charge in [-0.05, 0) is 29.7 Å².